The van der Waals surface area contributed by atoms with Crippen LogP contribution in [-0.4, -0.2) is 36.9 Å². The van der Waals surface area contributed by atoms with Gasteiger partial charge in [0.15, 0.2) is 0 Å². The van der Waals surface area contributed by atoms with Gasteiger partial charge in [-0.25, -0.2) is 17.8 Å². The number of aromatic nitrogens is 1. The average molecular weight is 342 g/mol. The summed E-state index contributed by atoms with van der Waals surface area (Å²) in [6.07, 6.45) is 2.05. The number of rotatable bonds is 4. The normalized spacial score (nSPS) is 19.5. The largest absolute Gasteiger partial charge is 0.465 e. The Labute approximate surface area is 132 Å². The molecule has 8 heteroatoms. The molecule has 1 saturated heterocycles. The maximum atomic E-state index is 13.3. The van der Waals surface area contributed by atoms with E-state index in [1.807, 2.05) is 0 Å². The van der Waals surface area contributed by atoms with Crippen molar-refractivity contribution in [2.24, 2.45) is 0 Å². The molecule has 22 heavy (non-hydrogen) atoms. The summed E-state index contributed by atoms with van der Waals surface area (Å²) in [5, 5.41) is 2.35. The van der Waals surface area contributed by atoms with Gasteiger partial charge in [0.2, 0.25) is 10.0 Å². The molecule has 0 saturated carbocycles. The lowest BCUT2D eigenvalue weighted by Gasteiger charge is -2.17. The van der Waals surface area contributed by atoms with E-state index in [0.717, 1.165) is 0 Å². The molecule has 1 aromatic heterocycles. The number of ether oxygens (including phenoxy) is 1. The number of nitrogens with zero attached hydrogens (tertiary/aromatic N) is 2. The van der Waals surface area contributed by atoms with Crippen LogP contribution in [0, 0.1) is 12.7 Å². The van der Waals surface area contributed by atoms with Crippen LogP contribution < -0.4 is 4.74 Å². The van der Waals surface area contributed by atoms with E-state index in [0.29, 0.717) is 23.7 Å². The molecule has 0 bridgehead atoms. The van der Waals surface area contributed by atoms with Crippen LogP contribution in [0.2, 0.25) is 0 Å². The van der Waals surface area contributed by atoms with Gasteiger partial charge < -0.3 is 4.74 Å². The minimum absolute atomic E-state index is 0.112. The van der Waals surface area contributed by atoms with Crippen molar-refractivity contribution >= 4 is 21.4 Å². The quantitative estimate of drug-likeness (QED) is 0.856. The molecule has 0 N–H and O–H groups in total. The van der Waals surface area contributed by atoms with Gasteiger partial charge in [-0.05, 0) is 37.1 Å². The number of hydrogen-bond acceptors (Lipinski definition) is 5. The first-order valence-corrected chi connectivity index (χ1v) is 9.11. The summed E-state index contributed by atoms with van der Waals surface area (Å²) in [5.74, 6) is -0.412. The van der Waals surface area contributed by atoms with Gasteiger partial charge in [0.25, 0.3) is 5.19 Å². The Morgan fingerprint density at radius 3 is 2.95 bits per heavy atom. The Hall–Kier alpha value is -1.51. The van der Waals surface area contributed by atoms with Crippen LogP contribution in [0.5, 0.6) is 5.19 Å². The van der Waals surface area contributed by atoms with E-state index in [-0.39, 0.29) is 17.5 Å². The van der Waals surface area contributed by atoms with Gasteiger partial charge in [0.1, 0.15) is 11.9 Å². The molecular formula is C14H15FN2O3S2. The third-order valence-electron chi connectivity index (χ3n) is 3.55. The Morgan fingerprint density at radius 2 is 2.27 bits per heavy atom. The molecule has 1 fully saturated rings. The Bertz CT molecular complexity index is 762. The van der Waals surface area contributed by atoms with E-state index in [2.05, 4.69) is 4.98 Å². The fourth-order valence-electron chi connectivity index (χ4n) is 2.35. The highest BCUT2D eigenvalue weighted by Crippen LogP contribution is 2.25. The second-order valence-corrected chi connectivity index (χ2v) is 7.90. The molecule has 1 atom stereocenters. The summed E-state index contributed by atoms with van der Waals surface area (Å²) < 4.78 is 45.5. The number of thiazole rings is 1. The predicted molar refractivity (Wildman–Crippen MR) is 81.0 cm³/mol. The van der Waals surface area contributed by atoms with E-state index in [1.165, 1.54) is 33.8 Å². The highest BCUT2D eigenvalue weighted by molar-refractivity contribution is 7.89. The first-order valence-electron chi connectivity index (χ1n) is 6.79. The maximum Gasteiger partial charge on any atom is 0.273 e. The van der Waals surface area contributed by atoms with Crippen molar-refractivity contribution < 1.29 is 17.5 Å². The van der Waals surface area contributed by atoms with Crippen LogP contribution in [0.15, 0.2) is 34.7 Å². The monoisotopic (exact) mass is 342 g/mol. The lowest BCUT2D eigenvalue weighted by atomic mass is 10.2. The molecule has 0 radical (unpaired) electrons. The van der Waals surface area contributed by atoms with Gasteiger partial charge in [-0.15, -0.1) is 0 Å². The average Bonchev–Trinajstić information content (AvgIpc) is 3.14. The van der Waals surface area contributed by atoms with Gasteiger partial charge in [-0.1, -0.05) is 11.3 Å². The maximum absolute atomic E-state index is 13.3. The molecule has 1 aliphatic rings. The molecule has 2 aromatic rings. The van der Waals surface area contributed by atoms with Crippen molar-refractivity contribution in [3.8, 4) is 5.19 Å². The summed E-state index contributed by atoms with van der Waals surface area (Å²) in [4.78, 5) is 4.15. The molecule has 0 amide bonds. The highest BCUT2D eigenvalue weighted by Gasteiger charge is 2.34. The molecule has 2 heterocycles. The minimum Gasteiger partial charge on any atom is -0.465 e. The molecule has 0 aliphatic carbocycles. The summed E-state index contributed by atoms with van der Waals surface area (Å²) in [6.45, 7) is 2.21. The predicted octanol–water partition coefficient (Wildman–Crippen LogP) is 2.43. The first kappa shape index (κ1) is 15.4. The van der Waals surface area contributed by atoms with Crippen molar-refractivity contribution in [1.29, 1.82) is 0 Å². The third-order valence-corrected chi connectivity index (χ3v) is 6.07. The fraction of sp³-hybridized carbons (Fsp3) is 0.357. The van der Waals surface area contributed by atoms with Crippen molar-refractivity contribution in [1.82, 2.24) is 9.29 Å². The van der Waals surface area contributed by atoms with Gasteiger partial charge in [-0.3, -0.25) is 0 Å². The smallest absolute Gasteiger partial charge is 0.273 e. The van der Waals surface area contributed by atoms with E-state index in [4.69, 9.17) is 4.74 Å². The Balaban J connectivity index is 1.74. The minimum atomic E-state index is -3.62. The molecule has 118 valence electrons. The fourth-order valence-corrected chi connectivity index (χ4v) is 4.47. The lowest BCUT2D eigenvalue weighted by Crippen LogP contribution is -2.31. The Kier molecular flexibility index (Phi) is 4.16. The summed E-state index contributed by atoms with van der Waals surface area (Å²) in [6, 6.07) is 3.84. The molecule has 0 spiro atoms. The lowest BCUT2D eigenvalue weighted by molar-refractivity contribution is 0.214. The summed E-state index contributed by atoms with van der Waals surface area (Å²) in [5.41, 5.74) is 0.316. The first-order chi connectivity index (χ1) is 10.5. The van der Waals surface area contributed by atoms with Crippen LogP contribution in [0.1, 0.15) is 12.0 Å². The number of hydrogen-bond donors (Lipinski definition) is 0. The van der Waals surface area contributed by atoms with Crippen molar-refractivity contribution in [2.45, 2.75) is 24.3 Å². The van der Waals surface area contributed by atoms with Crippen molar-refractivity contribution in [3.63, 3.8) is 0 Å². The van der Waals surface area contributed by atoms with Crippen molar-refractivity contribution in [2.75, 3.05) is 13.1 Å². The van der Waals surface area contributed by atoms with Crippen molar-refractivity contribution in [3.05, 3.63) is 41.2 Å². The zero-order valence-corrected chi connectivity index (χ0v) is 13.5. The number of sulfonamides is 1. The molecule has 1 aromatic carbocycles. The second-order valence-electron chi connectivity index (χ2n) is 5.10. The summed E-state index contributed by atoms with van der Waals surface area (Å²) >= 11 is 1.38. The van der Waals surface area contributed by atoms with Crippen LogP contribution in [0.4, 0.5) is 4.39 Å². The highest BCUT2D eigenvalue weighted by atomic mass is 32.2. The van der Waals surface area contributed by atoms with Crippen LogP contribution in [0.25, 0.3) is 0 Å². The van der Waals surface area contributed by atoms with Gasteiger partial charge in [0.05, 0.1) is 11.4 Å². The SMILES string of the molecule is Cc1cc(S(=O)(=O)N2CCC(Oc3nccs3)C2)ccc1F. The topological polar surface area (TPSA) is 59.5 Å². The van der Waals surface area contributed by atoms with Crippen LogP contribution in [0.3, 0.4) is 0 Å². The number of benzene rings is 1. The zero-order valence-electron chi connectivity index (χ0n) is 11.9. The van der Waals surface area contributed by atoms with Crippen LogP contribution in [-0.2, 0) is 10.0 Å². The van der Waals surface area contributed by atoms with Crippen LogP contribution >= 0.6 is 11.3 Å². The molecular weight excluding hydrogens is 327 g/mol. The van der Waals surface area contributed by atoms with Gasteiger partial charge >= 0.3 is 0 Å². The van der Waals surface area contributed by atoms with Gasteiger partial charge in [-0.2, -0.15) is 4.31 Å². The van der Waals surface area contributed by atoms with E-state index < -0.39 is 15.8 Å². The second kappa shape index (κ2) is 5.94. The molecule has 1 aliphatic heterocycles. The number of halogens is 1. The van der Waals surface area contributed by atoms with E-state index in [1.54, 1.807) is 18.5 Å². The summed E-state index contributed by atoms with van der Waals surface area (Å²) in [7, 11) is -3.62. The standard InChI is InChI=1S/C14H15FN2O3S2/c1-10-8-12(2-3-13(10)15)22(18,19)17-6-4-11(9-17)20-14-16-5-7-21-14/h2-3,5,7-8,11H,4,6,9H2,1H3. The Morgan fingerprint density at radius 1 is 1.45 bits per heavy atom. The zero-order chi connectivity index (χ0) is 15.7. The number of aryl methyl sites for hydroxylation is 1. The third kappa shape index (κ3) is 2.99. The van der Waals surface area contributed by atoms with E-state index in [9.17, 15) is 12.8 Å². The van der Waals surface area contributed by atoms with Gasteiger partial charge in [0, 0.05) is 18.1 Å². The van der Waals surface area contributed by atoms with E-state index >= 15 is 0 Å². The molecule has 3 rings (SSSR count). The molecule has 5 nitrogen and oxygen atoms in total. The molecule has 1 unspecified atom stereocenters.